The van der Waals surface area contributed by atoms with Crippen LogP contribution >= 0.6 is 0 Å². The summed E-state index contributed by atoms with van der Waals surface area (Å²) in [5.41, 5.74) is -0.424. The molecule has 4 heteroatoms. The molecule has 1 aliphatic heterocycles. The highest BCUT2D eigenvalue weighted by Gasteiger charge is 2.41. The van der Waals surface area contributed by atoms with Crippen LogP contribution in [0.1, 0.15) is 44.9 Å². The number of ether oxygens (including phenoxy) is 1. The number of hydrogen-bond acceptors (Lipinski definition) is 3. The van der Waals surface area contributed by atoms with Crippen molar-refractivity contribution in [2.45, 2.75) is 50.5 Å². The van der Waals surface area contributed by atoms with E-state index < -0.39 is 5.54 Å². The third kappa shape index (κ3) is 2.79. The van der Waals surface area contributed by atoms with Crippen LogP contribution in [0.4, 0.5) is 0 Å². The van der Waals surface area contributed by atoms with E-state index >= 15 is 0 Å². The van der Waals surface area contributed by atoms with Crippen LogP contribution in [-0.2, 0) is 9.53 Å². The number of carbonyl (C=O) groups excluding carboxylic acids is 1. The lowest BCUT2D eigenvalue weighted by Gasteiger charge is -2.37. The van der Waals surface area contributed by atoms with Crippen molar-refractivity contribution in [1.29, 1.82) is 0 Å². The number of rotatable bonds is 4. The van der Waals surface area contributed by atoms with Gasteiger partial charge in [0.15, 0.2) is 0 Å². The Kier molecular flexibility index (Phi) is 3.81. The van der Waals surface area contributed by atoms with Crippen molar-refractivity contribution in [1.82, 2.24) is 5.32 Å². The summed E-state index contributed by atoms with van der Waals surface area (Å²) in [4.78, 5) is 12.2. The second-order valence-corrected chi connectivity index (χ2v) is 6.74. The number of aliphatic hydroxyl groups is 1. The van der Waals surface area contributed by atoms with Gasteiger partial charge in [-0.1, -0.05) is 6.42 Å². The summed E-state index contributed by atoms with van der Waals surface area (Å²) in [5, 5.41) is 12.7. The zero-order valence-electron chi connectivity index (χ0n) is 11.6. The van der Waals surface area contributed by atoms with Gasteiger partial charge in [-0.2, -0.15) is 0 Å². The maximum Gasteiger partial charge on any atom is 0.220 e. The van der Waals surface area contributed by atoms with Gasteiger partial charge in [-0.05, 0) is 49.9 Å². The highest BCUT2D eigenvalue weighted by molar-refractivity contribution is 5.77. The summed E-state index contributed by atoms with van der Waals surface area (Å²) in [7, 11) is 0. The van der Waals surface area contributed by atoms with E-state index in [0.717, 1.165) is 24.7 Å². The fraction of sp³-hybridized carbons (Fsp3) is 0.933. The lowest BCUT2D eigenvalue weighted by Crippen LogP contribution is -2.54. The lowest BCUT2D eigenvalue weighted by atomic mass is 9.85. The Morgan fingerprint density at radius 2 is 2.05 bits per heavy atom. The SMILES string of the molecule is O=C(CC1CC2CCC1C2)NC1(CO)CCOCC1. The second kappa shape index (κ2) is 5.41. The molecule has 3 fully saturated rings. The van der Waals surface area contributed by atoms with Crippen molar-refractivity contribution in [2.75, 3.05) is 19.8 Å². The third-order valence-electron chi connectivity index (χ3n) is 5.49. The van der Waals surface area contributed by atoms with Gasteiger partial charge in [-0.25, -0.2) is 0 Å². The van der Waals surface area contributed by atoms with Gasteiger partial charge < -0.3 is 15.2 Å². The molecule has 1 amide bonds. The van der Waals surface area contributed by atoms with Crippen molar-refractivity contribution in [3.05, 3.63) is 0 Å². The first-order valence-corrected chi connectivity index (χ1v) is 7.70. The molecule has 3 rings (SSSR count). The van der Waals surface area contributed by atoms with E-state index in [2.05, 4.69) is 5.32 Å². The van der Waals surface area contributed by atoms with Gasteiger partial charge in [-0.3, -0.25) is 4.79 Å². The molecule has 19 heavy (non-hydrogen) atoms. The molecule has 2 saturated carbocycles. The van der Waals surface area contributed by atoms with E-state index in [-0.39, 0.29) is 12.5 Å². The van der Waals surface area contributed by atoms with E-state index in [0.29, 0.717) is 25.6 Å². The molecule has 4 nitrogen and oxygen atoms in total. The van der Waals surface area contributed by atoms with Crippen LogP contribution in [0.5, 0.6) is 0 Å². The quantitative estimate of drug-likeness (QED) is 0.811. The molecule has 0 aromatic carbocycles. The molecule has 2 aliphatic carbocycles. The smallest absolute Gasteiger partial charge is 0.220 e. The van der Waals surface area contributed by atoms with Gasteiger partial charge in [0.25, 0.3) is 0 Å². The summed E-state index contributed by atoms with van der Waals surface area (Å²) < 4.78 is 5.32. The van der Waals surface area contributed by atoms with Crippen molar-refractivity contribution in [3.63, 3.8) is 0 Å². The zero-order chi connectivity index (χ0) is 13.3. The monoisotopic (exact) mass is 267 g/mol. The number of nitrogens with one attached hydrogen (secondary N) is 1. The predicted octanol–water partition coefficient (Wildman–Crippen LogP) is 1.47. The zero-order valence-corrected chi connectivity index (χ0v) is 11.6. The number of hydrogen-bond donors (Lipinski definition) is 2. The number of carbonyl (C=O) groups is 1. The molecule has 0 aromatic heterocycles. The van der Waals surface area contributed by atoms with Crippen LogP contribution in [0.25, 0.3) is 0 Å². The minimum Gasteiger partial charge on any atom is -0.394 e. The Morgan fingerprint density at radius 3 is 2.63 bits per heavy atom. The Hall–Kier alpha value is -0.610. The van der Waals surface area contributed by atoms with Gasteiger partial charge in [0.1, 0.15) is 0 Å². The average molecular weight is 267 g/mol. The van der Waals surface area contributed by atoms with Gasteiger partial charge in [-0.15, -0.1) is 0 Å². The molecular weight excluding hydrogens is 242 g/mol. The largest absolute Gasteiger partial charge is 0.394 e. The standard InChI is InChI=1S/C15H25NO3/c17-10-15(3-5-19-6-4-15)16-14(18)9-13-8-11-1-2-12(13)7-11/h11-13,17H,1-10H2,(H,16,18). The van der Waals surface area contributed by atoms with Crippen LogP contribution in [0.15, 0.2) is 0 Å². The van der Waals surface area contributed by atoms with Crippen LogP contribution in [0.3, 0.4) is 0 Å². The summed E-state index contributed by atoms with van der Waals surface area (Å²) in [5.74, 6) is 2.40. The Morgan fingerprint density at radius 1 is 1.26 bits per heavy atom. The summed E-state index contributed by atoms with van der Waals surface area (Å²) in [6.45, 7) is 1.29. The van der Waals surface area contributed by atoms with Crippen LogP contribution in [-0.4, -0.2) is 36.4 Å². The first-order chi connectivity index (χ1) is 9.21. The van der Waals surface area contributed by atoms with E-state index in [9.17, 15) is 9.90 Å². The number of amides is 1. The molecule has 3 atom stereocenters. The van der Waals surface area contributed by atoms with Gasteiger partial charge in [0.05, 0.1) is 12.1 Å². The van der Waals surface area contributed by atoms with E-state index in [1.54, 1.807) is 0 Å². The Bertz CT molecular complexity index is 338. The third-order valence-corrected chi connectivity index (χ3v) is 5.49. The molecule has 0 radical (unpaired) electrons. The minimum absolute atomic E-state index is 0.0266. The van der Waals surface area contributed by atoms with Gasteiger partial charge in [0, 0.05) is 19.6 Å². The normalized spacial score (nSPS) is 36.4. The van der Waals surface area contributed by atoms with E-state index in [1.165, 1.54) is 25.7 Å². The van der Waals surface area contributed by atoms with E-state index in [1.807, 2.05) is 0 Å². The van der Waals surface area contributed by atoms with Crippen molar-refractivity contribution >= 4 is 5.91 Å². The molecule has 1 heterocycles. The maximum atomic E-state index is 12.2. The molecule has 2 bridgehead atoms. The Labute approximate surface area is 114 Å². The highest BCUT2D eigenvalue weighted by Crippen LogP contribution is 2.49. The fourth-order valence-electron chi connectivity index (χ4n) is 4.30. The summed E-state index contributed by atoms with van der Waals surface area (Å²) in [6, 6.07) is 0. The summed E-state index contributed by atoms with van der Waals surface area (Å²) >= 11 is 0. The fourth-order valence-corrected chi connectivity index (χ4v) is 4.30. The highest BCUT2D eigenvalue weighted by atomic mass is 16.5. The number of aliphatic hydroxyl groups excluding tert-OH is 1. The molecule has 1 saturated heterocycles. The molecule has 0 aromatic rings. The number of fused-ring (bicyclic) bond motifs is 2. The first-order valence-electron chi connectivity index (χ1n) is 7.70. The first kappa shape index (κ1) is 13.4. The van der Waals surface area contributed by atoms with Gasteiger partial charge >= 0.3 is 0 Å². The topological polar surface area (TPSA) is 58.6 Å². The van der Waals surface area contributed by atoms with Crippen LogP contribution in [0.2, 0.25) is 0 Å². The molecule has 2 N–H and O–H groups in total. The van der Waals surface area contributed by atoms with Crippen molar-refractivity contribution in [3.8, 4) is 0 Å². The molecule has 3 unspecified atom stereocenters. The van der Waals surface area contributed by atoms with Gasteiger partial charge in [0.2, 0.25) is 5.91 Å². The molecule has 3 aliphatic rings. The van der Waals surface area contributed by atoms with Crippen LogP contribution < -0.4 is 5.32 Å². The van der Waals surface area contributed by atoms with Crippen molar-refractivity contribution in [2.24, 2.45) is 17.8 Å². The van der Waals surface area contributed by atoms with E-state index in [4.69, 9.17) is 4.74 Å². The minimum atomic E-state index is -0.424. The summed E-state index contributed by atoms with van der Waals surface area (Å²) in [6.07, 6.45) is 7.40. The molecule has 108 valence electrons. The second-order valence-electron chi connectivity index (χ2n) is 6.74. The molecule has 0 spiro atoms. The maximum absolute atomic E-state index is 12.2. The lowest BCUT2D eigenvalue weighted by molar-refractivity contribution is -0.126. The molecular formula is C15H25NO3. The predicted molar refractivity (Wildman–Crippen MR) is 71.6 cm³/mol. The van der Waals surface area contributed by atoms with Crippen molar-refractivity contribution < 1.29 is 14.6 Å². The van der Waals surface area contributed by atoms with Crippen LogP contribution in [0, 0.1) is 17.8 Å². The Balaban J connectivity index is 1.52. The average Bonchev–Trinajstić information content (AvgIpc) is 3.02.